The van der Waals surface area contributed by atoms with E-state index in [9.17, 15) is 0 Å². The van der Waals surface area contributed by atoms with Crippen LogP contribution in [-0.4, -0.2) is 41.2 Å². The zero-order valence-corrected chi connectivity index (χ0v) is 15.6. The average molecular weight is 354 g/mol. The SMILES string of the molecule is CN=C(NCCCc1nc(C)no1)NCCc1c[nH]c2cc(C)ccc12. The molecule has 0 radical (unpaired) electrons. The molecule has 0 aliphatic carbocycles. The lowest BCUT2D eigenvalue weighted by Crippen LogP contribution is -2.38. The largest absolute Gasteiger partial charge is 0.361 e. The molecule has 2 heterocycles. The highest BCUT2D eigenvalue weighted by Crippen LogP contribution is 2.19. The van der Waals surface area contributed by atoms with Crippen LogP contribution >= 0.6 is 0 Å². The van der Waals surface area contributed by atoms with Gasteiger partial charge in [-0.2, -0.15) is 4.98 Å². The van der Waals surface area contributed by atoms with Crippen molar-refractivity contribution < 1.29 is 4.52 Å². The van der Waals surface area contributed by atoms with E-state index < -0.39 is 0 Å². The molecule has 0 aliphatic rings. The topological polar surface area (TPSA) is 91.1 Å². The van der Waals surface area contributed by atoms with Crippen molar-refractivity contribution in [3.8, 4) is 0 Å². The third-order valence-electron chi connectivity index (χ3n) is 4.26. The van der Waals surface area contributed by atoms with Crippen LogP contribution in [0.5, 0.6) is 0 Å². The Bertz CT molecular complexity index is 879. The molecule has 0 atom stereocenters. The van der Waals surface area contributed by atoms with Gasteiger partial charge in [0.15, 0.2) is 11.8 Å². The Morgan fingerprint density at radius 1 is 1.19 bits per heavy atom. The van der Waals surface area contributed by atoms with Gasteiger partial charge in [-0.1, -0.05) is 17.3 Å². The van der Waals surface area contributed by atoms with Crippen LogP contribution in [0.25, 0.3) is 10.9 Å². The standard InChI is InChI=1S/C19H26N6O/c1-13-6-7-16-15(12-23-17(16)11-13)8-10-22-19(20-3)21-9-4-5-18-24-14(2)25-26-18/h6-7,11-12,23H,4-5,8-10H2,1-3H3,(H2,20,21,22). The molecule has 0 saturated heterocycles. The molecule has 138 valence electrons. The summed E-state index contributed by atoms with van der Waals surface area (Å²) in [6.45, 7) is 5.56. The summed E-state index contributed by atoms with van der Waals surface area (Å²) in [6, 6.07) is 6.51. The van der Waals surface area contributed by atoms with Gasteiger partial charge in [-0.3, -0.25) is 4.99 Å². The summed E-state index contributed by atoms with van der Waals surface area (Å²) in [6.07, 6.45) is 4.70. The number of aromatic amines is 1. The highest BCUT2D eigenvalue weighted by atomic mass is 16.5. The minimum absolute atomic E-state index is 0.679. The average Bonchev–Trinajstić information content (AvgIpc) is 3.22. The van der Waals surface area contributed by atoms with E-state index in [0.29, 0.717) is 11.7 Å². The Hall–Kier alpha value is -2.83. The predicted octanol–water partition coefficient (Wildman–Crippen LogP) is 2.51. The molecule has 0 fully saturated rings. The van der Waals surface area contributed by atoms with Crippen LogP contribution in [0.15, 0.2) is 33.9 Å². The fourth-order valence-corrected chi connectivity index (χ4v) is 2.93. The molecule has 0 saturated carbocycles. The van der Waals surface area contributed by atoms with E-state index in [1.807, 2.05) is 6.92 Å². The van der Waals surface area contributed by atoms with Gasteiger partial charge in [0.25, 0.3) is 0 Å². The van der Waals surface area contributed by atoms with E-state index in [0.717, 1.165) is 38.3 Å². The molecule has 3 N–H and O–H groups in total. The maximum absolute atomic E-state index is 5.11. The minimum Gasteiger partial charge on any atom is -0.361 e. The third-order valence-corrected chi connectivity index (χ3v) is 4.26. The number of aryl methyl sites for hydroxylation is 3. The van der Waals surface area contributed by atoms with Crippen molar-refractivity contribution in [2.45, 2.75) is 33.1 Å². The first-order valence-electron chi connectivity index (χ1n) is 8.96. The number of nitrogens with one attached hydrogen (secondary N) is 3. The maximum atomic E-state index is 5.11. The Morgan fingerprint density at radius 2 is 2.04 bits per heavy atom. The Morgan fingerprint density at radius 3 is 2.81 bits per heavy atom. The predicted molar refractivity (Wildman–Crippen MR) is 103 cm³/mol. The number of guanidine groups is 1. The van der Waals surface area contributed by atoms with Crippen molar-refractivity contribution in [2.24, 2.45) is 4.99 Å². The highest BCUT2D eigenvalue weighted by Gasteiger charge is 2.05. The van der Waals surface area contributed by atoms with E-state index in [4.69, 9.17) is 4.52 Å². The summed E-state index contributed by atoms with van der Waals surface area (Å²) in [7, 11) is 1.78. The molecule has 7 heteroatoms. The van der Waals surface area contributed by atoms with E-state index in [-0.39, 0.29) is 0 Å². The van der Waals surface area contributed by atoms with Gasteiger partial charge < -0.3 is 20.1 Å². The van der Waals surface area contributed by atoms with Crippen molar-refractivity contribution in [2.75, 3.05) is 20.1 Å². The van der Waals surface area contributed by atoms with Gasteiger partial charge in [0.1, 0.15) is 0 Å². The zero-order chi connectivity index (χ0) is 18.4. The van der Waals surface area contributed by atoms with E-state index in [1.54, 1.807) is 7.05 Å². The molecule has 3 aromatic rings. The summed E-state index contributed by atoms with van der Waals surface area (Å²) >= 11 is 0. The van der Waals surface area contributed by atoms with Gasteiger partial charge in [-0.05, 0) is 43.9 Å². The fourth-order valence-electron chi connectivity index (χ4n) is 2.93. The second kappa shape index (κ2) is 8.51. The Labute approximate surface area is 153 Å². The van der Waals surface area contributed by atoms with Crippen LogP contribution in [0.2, 0.25) is 0 Å². The normalized spacial score (nSPS) is 11.9. The zero-order valence-electron chi connectivity index (χ0n) is 15.6. The molecule has 0 unspecified atom stereocenters. The van der Waals surface area contributed by atoms with Crippen molar-refractivity contribution in [1.29, 1.82) is 0 Å². The van der Waals surface area contributed by atoms with Crippen LogP contribution < -0.4 is 10.6 Å². The number of fused-ring (bicyclic) bond motifs is 1. The number of hydrogen-bond donors (Lipinski definition) is 3. The van der Waals surface area contributed by atoms with Gasteiger partial charge in [0.05, 0.1) is 0 Å². The molecule has 1 aromatic carbocycles. The van der Waals surface area contributed by atoms with Crippen molar-refractivity contribution >= 4 is 16.9 Å². The van der Waals surface area contributed by atoms with Crippen LogP contribution in [0.3, 0.4) is 0 Å². The fraction of sp³-hybridized carbons (Fsp3) is 0.421. The number of H-pyrrole nitrogens is 1. The van der Waals surface area contributed by atoms with Crippen LogP contribution in [-0.2, 0) is 12.8 Å². The lowest BCUT2D eigenvalue weighted by molar-refractivity contribution is 0.372. The summed E-state index contributed by atoms with van der Waals surface area (Å²) in [4.78, 5) is 11.8. The molecular formula is C19H26N6O. The quantitative estimate of drug-likeness (QED) is 0.344. The number of aromatic nitrogens is 3. The van der Waals surface area contributed by atoms with E-state index >= 15 is 0 Å². The smallest absolute Gasteiger partial charge is 0.226 e. The molecule has 7 nitrogen and oxygen atoms in total. The van der Waals surface area contributed by atoms with Gasteiger partial charge in [0, 0.05) is 43.7 Å². The number of hydrogen-bond acceptors (Lipinski definition) is 4. The molecule has 3 rings (SSSR count). The number of nitrogens with zero attached hydrogens (tertiary/aromatic N) is 3. The first-order valence-corrected chi connectivity index (χ1v) is 8.96. The van der Waals surface area contributed by atoms with Gasteiger partial charge >= 0.3 is 0 Å². The van der Waals surface area contributed by atoms with Gasteiger partial charge in [-0.25, -0.2) is 0 Å². The number of aliphatic imine (C=N–C) groups is 1. The highest BCUT2D eigenvalue weighted by molar-refractivity contribution is 5.84. The van der Waals surface area contributed by atoms with Gasteiger partial charge in [0.2, 0.25) is 5.89 Å². The van der Waals surface area contributed by atoms with E-state index in [2.05, 4.69) is 62.1 Å². The maximum Gasteiger partial charge on any atom is 0.226 e. The summed E-state index contributed by atoms with van der Waals surface area (Å²) in [5, 5.41) is 11.8. The molecule has 2 aromatic heterocycles. The lowest BCUT2D eigenvalue weighted by atomic mass is 10.1. The molecule has 0 bridgehead atoms. The van der Waals surface area contributed by atoms with Crippen LogP contribution in [0.4, 0.5) is 0 Å². The third kappa shape index (κ3) is 4.62. The second-order valence-electron chi connectivity index (χ2n) is 6.38. The molecule has 0 spiro atoms. The minimum atomic E-state index is 0.679. The first kappa shape index (κ1) is 18.0. The number of rotatable bonds is 7. The summed E-state index contributed by atoms with van der Waals surface area (Å²) < 4.78 is 5.11. The summed E-state index contributed by atoms with van der Waals surface area (Å²) in [5.41, 5.74) is 3.78. The van der Waals surface area contributed by atoms with E-state index in [1.165, 1.54) is 22.0 Å². The summed E-state index contributed by atoms with van der Waals surface area (Å²) in [5.74, 6) is 2.17. The Balaban J connectivity index is 1.41. The molecular weight excluding hydrogens is 328 g/mol. The van der Waals surface area contributed by atoms with Crippen molar-refractivity contribution in [3.63, 3.8) is 0 Å². The van der Waals surface area contributed by atoms with Gasteiger partial charge in [-0.15, -0.1) is 0 Å². The van der Waals surface area contributed by atoms with Crippen molar-refractivity contribution in [1.82, 2.24) is 25.8 Å². The number of benzene rings is 1. The molecule has 0 amide bonds. The first-order chi connectivity index (χ1) is 12.7. The Kier molecular flexibility index (Phi) is 5.88. The van der Waals surface area contributed by atoms with Crippen LogP contribution in [0.1, 0.15) is 29.3 Å². The molecule has 0 aliphatic heterocycles. The molecule has 26 heavy (non-hydrogen) atoms. The second-order valence-corrected chi connectivity index (χ2v) is 6.38. The lowest BCUT2D eigenvalue weighted by Gasteiger charge is -2.11. The monoisotopic (exact) mass is 354 g/mol. The van der Waals surface area contributed by atoms with Crippen molar-refractivity contribution in [3.05, 3.63) is 47.2 Å². The van der Waals surface area contributed by atoms with Crippen LogP contribution in [0, 0.1) is 13.8 Å².